The second kappa shape index (κ2) is 12.2. The van der Waals surface area contributed by atoms with E-state index in [1.165, 1.54) is 6.08 Å². The molecule has 3 aromatic rings. The number of nitrogens with one attached hydrogen (secondary N) is 2. The maximum absolute atomic E-state index is 12.3. The van der Waals surface area contributed by atoms with Crippen molar-refractivity contribution in [3.05, 3.63) is 81.8 Å². The molecule has 4 rings (SSSR count). The minimum Gasteiger partial charge on any atom is -0.487 e. The highest BCUT2D eigenvalue weighted by Gasteiger charge is 2.23. The van der Waals surface area contributed by atoms with E-state index in [9.17, 15) is 9.59 Å². The Morgan fingerprint density at radius 1 is 1.11 bits per heavy atom. The Labute approximate surface area is 209 Å². The van der Waals surface area contributed by atoms with Crippen LogP contribution in [0.1, 0.15) is 34.7 Å². The lowest BCUT2D eigenvalue weighted by Crippen LogP contribution is -2.30. The SMILES string of the molecule is Cc1nc(COc2ccccc2C=CC(=O)NCCc2ccc(OCC(=O)NC3CC3)cc2)cs1. The van der Waals surface area contributed by atoms with Gasteiger partial charge in [-0.05, 0) is 56.0 Å². The smallest absolute Gasteiger partial charge is 0.258 e. The monoisotopic (exact) mass is 491 g/mol. The van der Waals surface area contributed by atoms with Crippen molar-refractivity contribution in [3.63, 3.8) is 0 Å². The minimum atomic E-state index is -0.170. The van der Waals surface area contributed by atoms with Crippen molar-refractivity contribution in [2.75, 3.05) is 13.2 Å². The summed E-state index contributed by atoms with van der Waals surface area (Å²) in [6.07, 6.45) is 6.07. The third-order valence-corrected chi connectivity index (χ3v) is 6.15. The van der Waals surface area contributed by atoms with Crippen LogP contribution >= 0.6 is 11.3 Å². The molecule has 35 heavy (non-hydrogen) atoms. The standard InChI is InChI=1S/C27H29N3O4S/c1-19-29-23(18-35-19)16-34-25-5-3-2-4-21(25)8-13-26(31)28-15-14-20-6-11-24(12-7-20)33-17-27(32)30-22-9-10-22/h2-8,11-13,18,22H,9-10,14-17H2,1H3,(H,28,31)(H,30,32). The van der Waals surface area contributed by atoms with Gasteiger partial charge >= 0.3 is 0 Å². The number of aromatic nitrogens is 1. The first-order valence-electron chi connectivity index (χ1n) is 11.6. The first kappa shape index (κ1) is 24.5. The van der Waals surface area contributed by atoms with Gasteiger partial charge in [0.25, 0.3) is 5.91 Å². The molecule has 7 nitrogen and oxygen atoms in total. The fraction of sp³-hybridized carbons (Fsp3) is 0.296. The zero-order valence-corrected chi connectivity index (χ0v) is 20.5. The number of aryl methyl sites for hydroxylation is 1. The Hall–Kier alpha value is -3.65. The predicted molar refractivity (Wildman–Crippen MR) is 136 cm³/mol. The second-order valence-corrected chi connectivity index (χ2v) is 9.40. The van der Waals surface area contributed by atoms with Crippen LogP contribution in [0, 0.1) is 6.92 Å². The first-order chi connectivity index (χ1) is 17.0. The zero-order chi connectivity index (χ0) is 24.5. The van der Waals surface area contributed by atoms with E-state index in [0.29, 0.717) is 37.1 Å². The molecule has 0 bridgehead atoms. The van der Waals surface area contributed by atoms with Crippen LogP contribution in [-0.2, 0) is 22.6 Å². The number of nitrogens with zero attached hydrogens (tertiary/aromatic N) is 1. The van der Waals surface area contributed by atoms with E-state index < -0.39 is 0 Å². The van der Waals surface area contributed by atoms with Crippen molar-refractivity contribution in [2.45, 2.75) is 38.8 Å². The molecule has 2 amide bonds. The van der Waals surface area contributed by atoms with Gasteiger partial charge in [-0.15, -0.1) is 11.3 Å². The summed E-state index contributed by atoms with van der Waals surface area (Å²) < 4.78 is 11.4. The summed E-state index contributed by atoms with van der Waals surface area (Å²) in [6.45, 7) is 2.88. The number of amides is 2. The van der Waals surface area contributed by atoms with Crippen LogP contribution in [0.4, 0.5) is 0 Å². The lowest BCUT2D eigenvalue weighted by atomic mass is 10.1. The number of carbonyl (C=O) groups is 2. The largest absolute Gasteiger partial charge is 0.487 e. The summed E-state index contributed by atoms with van der Waals surface area (Å²) in [5.74, 6) is 1.10. The van der Waals surface area contributed by atoms with Crippen LogP contribution in [0.25, 0.3) is 6.08 Å². The van der Waals surface area contributed by atoms with Crippen LogP contribution in [0.5, 0.6) is 11.5 Å². The average Bonchev–Trinajstić information content (AvgIpc) is 3.58. The number of rotatable bonds is 12. The van der Waals surface area contributed by atoms with Crippen molar-refractivity contribution in [2.24, 2.45) is 0 Å². The summed E-state index contributed by atoms with van der Waals surface area (Å²) in [5.41, 5.74) is 2.79. The molecular formula is C27H29N3O4S. The molecule has 1 aromatic heterocycles. The average molecular weight is 492 g/mol. The molecular weight excluding hydrogens is 462 g/mol. The van der Waals surface area contributed by atoms with E-state index in [1.54, 1.807) is 17.4 Å². The van der Waals surface area contributed by atoms with Gasteiger partial charge in [0.15, 0.2) is 6.61 Å². The van der Waals surface area contributed by atoms with E-state index in [0.717, 1.165) is 34.7 Å². The fourth-order valence-electron chi connectivity index (χ4n) is 3.33. The van der Waals surface area contributed by atoms with Gasteiger partial charge in [0.2, 0.25) is 5.91 Å². The van der Waals surface area contributed by atoms with E-state index in [4.69, 9.17) is 9.47 Å². The molecule has 0 aliphatic heterocycles. The Bertz CT molecular complexity index is 1170. The summed E-state index contributed by atoms with van der Waals surface area (Å²) >= 11 is 1.59. The Morgan fingerprint density at radius 3 is 2.66 bits per heavy atom. The maximum atomic E-state index is 12.3. The number of thiazole rings is 1. The van der Waals surface area contributed by atoms with Gasteiger partial charge in [0.1, 0.15) is 18.1 Å². The number of carbonyl (C=O) groups excluding carboxylic acids is 2. The predicted octanol–water partition coefficient (Wildman–Crippen LogP) is 4.06. The highest BCUT2D eigenvalue weighted by atomic mass is 32.1. The molecule has 0 saturated heterocycles. The lowest BCUT2D eigenvalue weighted by Gasteiger charge is -2.08. The van der Waals surface area contributed by atoms with Crippen molar-refractivity contribution < 1.29 is 19.1 Å². The highest BCUT2D eigenvalue weighted by Crippen LogP contribution is 2.21. The minimum absolute atomic E-state index is 0.0247. The van der Waals surface area contributed by atoms with Crippen LogP contribution in [0.15, 0.2) is 60.0 Å². The van der Waals surface area contributed by atoms with Crippen molar-refractivity contribution in [3.8, 4) is 11.5 Å². The molecule has 2 aromatic carbocycles. The van der Waals surface area contributed by atoms with E-state index in [-0.39, 0.29) is 18.4 Å². The molecule has 8 heteroatoms. The fourth-order valence-corrected chi connectivity index (χ4v) is 3.93. The molecule has 1 aliphatic rings. The molecule has 0 spiro atoms. The Balaban J connectivity index is 1.18. The maximum Gasteiger partial charge on any atom is 0.258 e. The molecule has 0 unspecified atom stereocenters. The van der Waals surface area contributed by atoms with Gasteiger partial charge in [0, 0.05) is 29.6 Å². The third-order valence-electron chi connectivity index (χ3n) is 5.32. The van der Waals surface area contributed by atoms with Crippen molar-refractivity contribution >= 4 is 29.2 Å². The van der Waals surface area contributed by atoms with Gasteiger partial charge in [-0.3, -0.25) is 9.59 Å². The molecule has 1 fully saturated rings. The summed E-state index contributed by atoms with van der Waals surface area (Å²) in [6, 6.07) is 15.5. The number of ether oxygens (including phenoxy) is 2. The van der Waals surface area contributed by atoms with Gasteiger partial charge in [-0.25, -0.2) is 4.98 Å². The molecule has 1 heterocycles. The van der Waals surface area contributed by atoms with E-state index >= 15 is 0 Å². The highest BCUT2D eigenvalue weighted by molar-refractivity contribution is 7.09. The number of benzene rings is 2. The van der Waals surface area contributed by atoms with Crippen molar-refractivity contribution in [1.82, 2.24) is 15.6 Å². The Kier molecular flexibility index (Phi) is 8.51. The van der Waals surface area contributed by atoms with Gasteiger partial charge in [-0.2, -0.15) is 0 Å². The zero-order valence-electron chi connectivity index (χ0n) is 19.7. The van der Waals surface area contributed by atoms with Crippen LogP contribution in [0.2, 0.25) is 0 Å². The third kappa shape index (κ3) is 8.26. The summed E-state index contributed by atoms with van der Waals surface area (Å²) in [5, 5.41) is 8.78. The molecule has 1 saturated carbocycles. The topological polar surface area (TPSA) is 89.6 Å². The van der Waals surface area contributed by atoms with Crippen LogP contribution in [0.3, 0.4) is 0 Å². The molecule has 2 N–H and O–H groups in total. The molecule has 0 radical (unpaired) electrons. The van der Waals surface area contributed by atoms with Crippen molar-refractivity contribution in [1.29, 1.82) is 0 Å². The quantitative estimate of drug-likeness (QED) is 0.373. The normalized spacial score (nSPS) is 12.9. The molecule has 182 valence electrons. The number of para-hydroxylation sites is 1. The van der Waals surface area contributed by atoms with E-state index in [1.807, 2.05) is 60.8 Å². The second-order valence-electron chi connectivity index (χ2n) is 8.33. The number of hydrogen-bond acceptors (Lipinski definition) is 6. The Morgan fingerprint density at radius 2 is 1.91 bits per heavy atom. The summed E-state index contributed by atoms with van der Waals surface area (Å²) in [4.78, 5) is 28.4. The van der Waals surface area contributed by atoms with Crippen LogP contribution < -0.4 is 20.1 Å². The molecule has 1 aliphatic carbocycles. The summed E-state index contributed by atoms with van der Waals surface area (Å²) in [7, 11) is 0. The van der Waals surface area contributed by atoms with E-state index in [2.05, 4.69) is 15.6 Å². The first-order valence-corrected chi connectivity index (χ1v) is 12.5. The molecule has 0 atom stereocenters. The van der Waals surface area contributed by atoms with Gasteiger partial charge in [-0.1, -0.05) is 30.3 Å². The van der Waals surface area contributed by atoms with Gasteiger partial charge < -0.3 is 20.1 Å². The van der Waals surface area contributed by atoms with Crippen LogP contribution in [-0.4, -0.2) is 36.0 Å². The number of hydrogen-bond donors (Lipinski definition) is 2. The van der Waals surface area contributed by atoms with Gasteiger partial charge in [0.05, 0.1) is 10.7 Å². The lowest BCUT2D eigenvalue weighted by molar-refractivity contribution is -0.123.